The number of guanidine groups is 1. The summed E-state index contributed by atoms with van der Waals surface area (Å²) >= 11 is 5.20. The maximum atomic E-state index is 5.40. The second-order valence-corrected chi connectivity index (χ2v) is 6.93. The molecule has 7 heteroatoms. The molecule has 126 valence electrons. The molecule has 0 unspecified atom stereocenters. The summed E-state index contributed by atoms with van der Waals surface area (Å²) in [4.78, 5) is 5.94. The molecule has 0 saturated heterocycles. The summed E-state index contributed by atoms with van der Waals surface area (Å²) in [7, 11) is 0. The lowest BCUT2D eigenvalue weighted by molar-refractivity contribution is 0.380. The summed E-state index contributed by atoms with van der Waals surface area (Å²) in [6.45, 7) is 8.39. The van der Waals surface area contributed by atoms with Gasteiger partial charge in [0.2, 0.25) is 0 Å². The second kappa shape index (κ2) is 9.08. The van der Waals surface area contributed by atoms with Gasteiger partial charge in [-0.2, -0.15) is 0 Å². The molecule has 0 radical (unpaired) electrons. The van der Waals surface area contributed by atoms with Crippen LogP contribution in [-0.4, -0.2) is 17.7 Å². The molecule has 2 rings (SSSR count). The molecular weight excluding hydrogens is 376 g/mol. The van der Waals surface area contributed by atoms with Crippen molar-refractivity contribution in [1.29, 1.82) is 0 Å². The summed E-state index contributed by atoms with van der Waals surface area (Å²) in [6.07, 6.45) is 1.70. The Morgan fingerprint density at radius 3 is 2.74 bits per heavy atom. The minimum atomic E-state index is 0.583. The number of hydrogen-bond donors (Lipinski definition) is 2. The van der Waals surface area contributed by atoms with Gasteiger partial charge in [-0.1, -0.05) is 19.0 Å². The number of aryl methyl sites for hydroxylation is 2. The van der Waals surface area contributed by atoms with E-state index in [4.69, 9.17) is 4.52 Å². The maximum Gasteiger partial charge on any atom is 0.191 e. The fourth-order valence-electron chi connectivity index (χ4n) is 2.23. The van der Waals surface area contributed by atoms with Gasteiger partial charge in [0.1, 0.15) is 5.76 Å². The molecule has 2 aromatic rings. The molecule has 0 aromatic carbocycles. The normalized spacial score (nSPS) is 11.7. The van der Waals surface area contributed by atoms with E-state index in [9.17, 15) is 0 Å². The van der Waals surface area contributed by atoms with Gasteiger partial charge >= 0.3 is 0 Å². The van der Waals surface area contributed by atoms with Gasteiger partial charge in [0.05, 0.1) is 18.8 Å². The first-order valence-electron chi connectivity index (χ1n) is 7.89. The quantitative estimate of drug-likeness (QED) is 0.548. The summed E-state index contributed by atoms with van der Waals surface area (Å²) in [5.41, 5.74) is 2.12. The molecule has 0 fully saturated rings. The largest absolute Gasteiger partial charge is 0.361 e. The molecule has 0 bridgehead atoms. The molecule has 0 atom stereocenters. The van der Waals surface area contributed by atoms with Crippen LogP contribution in [-0.2, 0) is 25.9 Å². The van der Waals surface area contributed by atoms with Crippen molar-refractivity contribution in [3.8, 4) is 0 Å². The Morgan fingerprint density at radius 2 is 2.13 bits per heavy atom. The number of nitrogens with zero attached hydrogens (tertiary/aromatic N) is 2. The third-order valence-corrected chi connectivity index (χ3v) is 5.10. The van der Waals surface area contributed by atoms with E-state index in [1.54, 1.807) is 11.3 Å². The van der Waals surface area contributed by atoms with Crippen LogP contribution < -0.4 is 10.6 Å². The third kappa shape index (κ3) is 5.07. The number of thiophene rings is 1. The Balaban J connectivity index is 2.04. The maximum absolute atomic E-state index is 5.40. The fourth-order valence-corrected chi connectivity index (χ4v) is 3.62. The first kappa shape index (κ1) is 18.0. The highest BCUT2D eigenvalue weighted by Crippen LogP contribution is 2.19. The smallest absolute Gasteiger partial charge is 0.191 e. The van der Waals surface area contributed by atoms with Gasteiger partial charge in [-0.25, -0.2) is 4.99 Å². The number of aromatic nitrogens is 1. The van der Waals surface area contributed by atoms with Crippen molar-refractivity contribution >= 4 is 33.2 Å². The summed E-state index contributed by atoms with van der Waals surface area (Å²) in [5.74, 6) is 1.74. The van der Waals surface area contributed by atoms with Crippen LogP contribution in [0.3, 0.4) is 0 Å². The molecule has 5 nitrogen and oxygen atoms in total. The number of hydrogen-bond acceptors (Lipinski definition) is 4. The van der Waals surface area contributed by atoms with Crippen molar-refractivity contribution in [2.45, 2.75) is 46.7 Å². The van der Waals surface area contributed by atoms with E-state index >= 15 is 0 Å². The van der Waals surface area contributed by atoms with Crippen molar-refractivity contribution in [3.63, 3.8) is 0 Å². The average Bonchev–Trinajstić information content (AvgIpc) is 3.15. The van der Waals surface area contributed by atoms with E-state index in [2.05, 4.69) is 68.9 Å². The molecule has 0 saturated carbocycles. The van der Waals surface area contributed by atoms with Gasteiger partial charge in [0.15, 0.2) is 5.96 Å². The number of nitrogens with one attached hydrogen (secondary N) is 2. The monoisotopic (exact) mass is 398 g/mol. The molecule has 2 heterocycles. The lowest BCUT2D eigenvalue weighted by atomic mass is 10.1. The molecule has 2 N–H and O–H groups in total. The van der Waals surface area contributed by atoms with E-state index in [-0.39, 0.29) is 0 Å². The molecular formula is C16H23BrN4OS. The van der Waals surface area contributed by atoms with Crippen LogP contribution in [0, 0.1) is 0 Å². The van der Waals surface area contributed by atoms with Crippen LogP contribution in [0.25, 0.3) is 0 Å². The molecule has 0 aliphatic rings. The van der Waals surface area contributed by atoms with Gasteiger partial charge in [-0.05, 0) is 35.3 Å². The molecule has 23 heavy (non-hydrogen) atoms. The minimum absolute atomic E-state index is 0.583. The average molecular weight is 399 g/mol. The Kier molecular flexibility index (Phi) is 7.11. The number of aliphatic imine (C=N–C) groups is 1. The zero-order chi connectivity index (χ0) is 16.7. The van der Waals surface area contributed by atoms with Gasteiger partial charge in [-0.15, -0.1) is 11.3 Å². The minimum Gasteiger partial charge on any atom is -0.361 e. The van der Waals surface area contributed by atoms with Crippen LogP contribution in [0.5, 0.6) is 0 Å². The van der Waals surface area contributed by atoms with Crippen LogP contribution in [0.2, 0.25) is 0 Å². The van der Waals surface area contributed by atoms with Gasteiger partial charge in [0.25, 0.3) is 0 Å². The zero-order valence-electron chi connectivity index (χ0n) is 13.8. The van der Waals surface area contributed by atoms with Gasteiger partial charge < -0.3 is 15.2 Å². The molecule has 2 aromatic heterocycles. The lowest BCUT2D eigenvalue weighted by Crippen LogP contribution is -2.36. The Hall–Kier alpha value is -1.34. The zero-order valence-corrected chi connectivity index (χ0v) is 16.2. The van der Waals surface area contributed by atoms with E-state index in [1.807, 2.05) is 0 Å². The highest BCUT2D eigenvalue weighted by molar-refractivity contribution is 9.10. The van der Waals surface area contributed by atoms with E-state index < -0.39 is 0 Å². The van der Waals surface area contributed by atoms with Crippen LogP contribution in [0.1, 0.15) is 42.7 Å². The van der Waals surface area contributed by atoms with Crippen molar-refractivity contribution in [2.75, 3.05) is 6.54 Å². The SMILES string of the molecule is CCNC(=NCc1c(CC)noc1CC)NCc1cc(Br)cs1. The standard InChI is InChI=1S/C16H23BrN4OS/c1-4-14-13(15(5-2)22-21-14)9-20-16(18-6-3)19-8-12-7-11(17)10-23-12/h7,10H,4-6,8-9H2,1-3H3,(H2,18,19,20). The molecule has 0 spiro atoms. The second-order valence-electron chi connectivity index (χ2n) is 5.02. The highest BCUT2D eigenvalue weighted by Gasteiger charge is 2.13. The Bertz CT molecular complexity index is 629. The van der Waals surface area contributed by atoms with E-state index in [1.165, 1.54) is 4.88 Å². The fraction of sp³-hybridized carbons (Fsp3) is 0.500. The lowest BCUT2D eigenvalue weighted by Gasteiger charge is -2.10. The summed E-state index contributed by atoms with van der Waals surface area (Å²) in [5, 5.41) is 12.9. The summed E-state index contributed by atoms with van der Waals surface area (Å²) < 4.78 is 6.51. The molecule has 0 amide bonds. The topological polar surface area (TPSA) is 62.5 Å². The Labute approximate surface area is 149 Å². The van der Waals surface area contributed by atoms with Gasteiger partial charge in [0, 0.05) is 33.3 Å². The van der Waals surface area contributed by atoms with Crippen molar-refractivity contribution in [3.05, 3.63) is 37.8 Å². The summed E-state index contributed by atoms with van der Waals surface area (Å²) in [6, 6.07) is 2.12. The molecule has 0 aliphatic heterocycles. The number of rotatable bonds is 7. The van der Waals surface area contributed by atoms with Crippen molar-refractivity contribution in [1.82, 2.24) is 15.8 Å². The molecule has 0 aliphatic carbocycles. The predicted octanol–water partition coefficient (Wildman–Crippen LogP) is 3.88. The Morgan fingerprint density at radius 1 is 1.30 bits per heavy atom. The van der Waals surface area contributed by atoms with E-state index in [0.717, 1.165) is 53.4 Å². The highest BCUT2D eigenvalue weighted by atomic mass is 79.9. The van der Waals surface area contributed by atoms with Crippen molar-refractivity contribution < 1.29 is 4.52 Å². The number of halogens is 1. The van der Waals surface area contributed by atoms with E-state index in [0.29, 0.717) is 6.54 Å². The van der Waals surface area contributed by atoms with Crippen molar-refractivity contribution in [2.24, 2.45) is 4.99 Å². The van der Waals surface area contributed by atoms with Gasteiger partial charge in [-0.3, -0.25) is 0 Å². The van der Waals surface area contributed by atoms with Crippen LogP contribution in [0.4, 0.5) is 0 Å². The first-order chi connectivity index (χ1) is 11.2. The predicted molar refractivity (Wildman–Crippen MR) is 98.9 cm³/mol. The first-order valence-corrected chi connectivity index (χ1v) is 9.56. The van der Waals surface area contributed by atoms with Crippen LogP contribution >= 0.6 is 27.3 Å². The van der Waals surface area contributed by atoms with Crippen LogP contribution in [0.15, 0.2) is 25.4 Å². The third-order valence-electron chi connectivity index (χ3n) is 3.40.